The van der Waals surface area contributed by atoms with Crippen molar-refractivity contribution < 1.29 is 23.8 Å². The average molecular weight is 492 g/mol. The molecule has 8 nitrogen and oxygen atoms in total. The summed E-state index contributed by atoms with van der Waals surface area (Å²) in [6.07, 6.45) is 3.43. The highest BCUT2D eigenvalue weighted by Gasteiger charge is 2.32. The van der Waals surface area contributed by atoms with Crippen molar-refractivity contribution in [1.82, 2.24) is 14.7 Å². The molecule has 0 aliphatic carbocycles. The molecule has 0 radical (unpaired) electrons. The third kappa shape index (κ3) is 5.60. The van der Waals surface area contributed by atoms with Gasteiger partial charge < -0.3 is 19.1 Å². The Bertz CT molecular complexity index is 1190. The van der Waals surface area contributed by atoms with Crippen LogP contribution in [0.2, 0.25) is 0 Å². The predicted octanol–water partition coefficient (Wildman–Crippen LogP) is 4.61. The normalized spacial score (nSPS) is 15.9. The molecule has 190 valence electrons. The van der Waals surface area contributed by atoms with Gasteiger partial charge >= 0.3 is 11.9 Å². The van der Waals surface area contributed by atoms with E-state index in [9.17, 15) is 9.59 Å². The van der Waals surface area contributed by atoms with Crippen molar-refractivity contribution in [3.63, 3.8) is 0 Å². The van der Waals surface area contributed by atoms with Gasteiger partial charge in [-0.25, -0.2) is 14.3 Å². The lowest BCUT2D eigenvalue weighted by Crippen LogP contribution is -2.35. The number of hydrogen-bond acceptors (Lipinski definition) is 7. The molecule has 1 unspecified atom stereocenters. The van der Waals surface area contributed by atoms with Crippen LogP contribution in [0.4, 0.5) is 0 Å². The molecule has 0 amide bonds. The van der Waals surface area contributed by atoms with E-state index in [2.05, 4.69) is 16.9 Å². The fourth-order valence-corrected chi connectivity index (χ4v) is 4.69. The number of rotatable bonds is 9. The van der Waals surface area contributed by atoms with Gasteiger partial charge in [0, 0.05) is 18.7 Å². The van der Waals surface area contributed by atoms with Crippen LogP contribution in [0.5, 0.6) is 5.75 Å². The highest BCUT2D eigenvalue weighted by atomic mass is 16.5. The molecule has 1 aliphatic heterocycles. The van der Waals surface area contributed by atoms with Crippen LogP contribution in [0.15, 0.2) is 54.6 Å². The quantitative estimate of drug-likeness (QED) is 0.319. The molecule has 1 atom stereocenters. The number of likely N-dealkylation sites (tertiary alicyclic amines) is 1. The van der Waals surface area contributed by atoms with E-state index < -0.39 is 11.9 Å². The van der Waals surface area contributed by atoms with Crippen LogP contribution in [0.3, 0.4) is 0 Å². The minimum Gasteiger partial charge on any atom is -0.493 e. The number of carbonyl (C=O) groups is 2. The maximum Gasteiger partial charge on any atom is 0.357 e. The van der Waals surface area contributed by atoms with E-state index in [0.29, 0.717) is 29.3 Å². The maximum atomic E-state index is 12.9. The lowest BCUT2D eigenvalue weighted by molar-refractivity contribution is 0.0549. The molecule has 2 heterocycles. The van der Waals surface area contributed by atoms with E-state index >= 15 is 0 Å². The topological polar surface area (TPSA) is 82.9 Å². The predicted molar refractivity (Wildman–Crippen MR) is 137 cm³/mol. The second-order valence-electron chi connectivity index (χ2n) is 9.05. The SMILES string of the molecule is COC(=O)c1c(-c2ccccc2OCCCN2CCCC(C)C2)nn(-c2ccccc2)c1C(=O)OC. The Morgan fingerprint density at radius 3 is 2.44 bits per heavy atom. The molecule has 3 aromatic rings. The van der Waals surface area contributed by atoms with Crippen LogP contribution in [-0.4, -0.2) is 67.1 Å². The maximum absolute atomic E-state index is 12.9. The van der Waals surface area contributed by atoms with Gasteiger partial charge in [-0.3, -0.25) is 0 Å². The van der Waals surface area contributed by atoms with Crippen molar-refractivity contribution in [3.8, 4) is 22.7 Å². The summed E-state index contributed by atoms with van der Waals surface area (Å²) in [4.78, 5) is 28.3. The molecule has 0 spiro atoms. The molecule has 0 N–H and O–H groups in total. The minimum atomic E-state index is -0.688. The zero-order valence-corrected chi connectivity index (χ0v) is 21.1. The lowest BCUT2D eigenvalue weighted by atomic mass is 10.0. The Morgan fingerprint density at radius 2 is 1.72 bits per heavy atom. The molecule has 0 bridgehead atoms. The lowest BCUT2D eigenvalue weighted by Gasteiger charge is -2.30. The van der Waals surface area contributed by atoms with Crippen molar-refractivity contribution in [2.45, 2.75) is 26.2 Å². The van der Waals surface area contributed by atoms with E-state index in [0.717, 1.165) is 32.0 Å². The number of esters is 2. The largest absolute Gasteiger partial charge is 0.493 e. The number of benzene rings is 2. The van der Waals surface area contributed by atoms with Gasteiger partial charge in [-0.05, 0) is 56.0 Å². The van der Waals surface area contributed by atoms with Crippen molar-refractivity contribution in [1.29, 1.82) is 0 Å². The minimum absolute atomic E-state index is 0.000397. The van der Waals surface area contributed by atoms with E-state index in [4.69, 9.17) is 14.2 Å². The van der Waals surface area contributed by atoms with Gasteiger partial charge in [-0.1, -0.05) is 37.3 Å². The van der Waals surface area contributed by atoms with Crippen molar-refractivity contribution >= 4 is 11.9 Å². The second-order valence-corrected chi connectivity index (χ2v) is 9.05. The molecule has 1 aromatic heterocycles. The molecule has 4 rings (SSSR count). The highest BCUT2D eigenvalue weighted by molar-refractivity contribution is 6.07. The Labute approximate surface area is 211 Å². The third-order valence-electron chi connectivity index (χ3n) is 6.41. The van der Waals surface area contributed by atoms with Crippen LogP contribution in [0.25, 0.3) is 16.9 Å². The van der Waals surface area contributed by atoms with Crippen LogP contribution < -0.4 is 4.74 Å². The Hall–Kier alpha value is -3.65. The molecule has 8 heteroatoms. The summed E-state index contributed by atoms with van der Waals surface area (Å²) in [6, 6.07) is 16.5. The van der Waals surface area contributed by atoms with Crippen molar-refractivity contribution in [3.05, 3.63) is 65.9 Å². The Morgan fingerprint density at radius 1 is 1.00 bits per heavy atom. The number of methoxy groups -OCH3 is 2. The molecule has 36 heavy (non-hydrogen) atoms. The van der Waals surface area contributed by atoms with Gasteiger partial charge in [-0.2, -0.15) is 5.10 Å². The summed E-state index contributed by atoms with van der Waals surface area (Å²) in [5.74, 6) is -0.0431. The van der Waals surface area contributed by atoms with Gasteiger partial charge in [0.2, 0.25) is 0 Å². The van der Waals surface area contributed by atoms with Crippen LogP contribution >= 0.6 is 0 Å². The van der Waals surface area contributed by atoms with Gasteiger partial charge in [0.05, 0.1) is 26.5 Å². The number of ether oxygens (including phenoxy) is 3. The van der Waals surface area contributed by atoms with Crippen LogP contribution in [-0.2, 0) is 9.47 Å². The summed E-state index contributed by atoms with van der Waals surface area (Å²) < 4.78 is 17.7. The standard InChI is InChI=1S/C28H33N3O5/c1-20-11-9-16-30(19-20)17-10-18-36-23-15-8-7-14-22(23)25-24(27(32)34-2)26(28(33)35-3)31(29-25)21-12-5-4-6-13-21/h4-8,12-15,20H,9-11,16-19H2,1-3H3. The Balaban J connectivity index is 1.66. The first kappa shape index (κ1) is 25.4. The summed E-state index contributed by atoms with van der Waals surface area (Å²) in [5.41, 5.74) is 1.55. The number of hydrogen-bond donors (Lipinski definition) is 0. The van der Waals surface area contributed by atoms with Gasteiger partial charge in [0.25, 0.3) is 0 Å². The fourth-order valence-electron chi connectivity index (χ4n) is 4.69. The monoisotopic (exact) mass is 491 g/mol. The number of nitrogens with zero attached hydrogens (tertiary/aromatic N) is 3. The first-order chi connectivity index (χ1) is 17.5. The second kappa shape index (κ2) is 11.9. The summed E-state index contributed by atoms with van der Waals surface area (Å²) in [6.45, 7) is 6.08. The molecule has 1 saturated heterocycles. The molecule has 1 fully saturated rings. The molecule has 1 aliphatic rings. The molecule has 2 aromatic carbocycles. The summed E-state index contributed by atoms with van der Waals surface area (Å²) in [5, 5.41) is 4.69. The smallest absolute Gasteiger partial charge is 0.357 e. The zero-order valence-electron chi connectivity index (χ0n) is 21.1. The first-order valence-corrected chi connectivity index (χ1v) is 12.3. The number of para-hydroxylation sites is 2. The molecular formula is C28H33N3O5. The fraction of sp³-hybridized carbons (Fsp3) is 0.393. The molecule has 0 saturated carbocycles. The first-order valence-electron chi connectivity index (χ1n) is 12.3. The Kier molecular flexibility index (Phi) is 8.38. The van der Waals surface area contributed by atoms with E-state index in [-0.39, 0.29) is 11.3 Å². The average Bonchev–Trinajstić information content (AvgIpc) is 3.31. The van der Waals surface area contributed by atoms with Crippen LogP contribution in [0, 0.1) is 5.92 Å². The van der Waals surface area contributed by atoms with E-state index in [1.54, 1.807) is 12.1 Å². The van der Waals surface area contributed by atoms with Gasteiger partial charge in [0.1, 0.15) is 17.0 Å². The van der Waals surface area contributed by atoms with E-state index in [1.165, 1.54) is 31.7 Å². The van der Waals surface area contributed by atoms with Crippen molar-refractivity contribution in [2.75, 3.05) is 40.5 Å². The molecular weight excluding hydrogens is 458 g/mol. The van der Waals surface area contributed by atoms with E-state index in [1.807, 2.05) is 42.5 Å². The van der Waals surface area contributed by atoms with Crippen molar-refractivity contribution in [2.24, 2.45) is 5.92 Å². The third-order valence-corrected chi connectivity index (χ3v) is 6.41. The highest BCUT2D eigenvalue weighted by Crippen LogP contribution is 2.35. The van der Waals surface area contributed by atoms with Gasteiger partial charge in [0.15, 0.2) is 5.69 Å². The summed E-state index contributed by atoms with van der Waals surface area (Å²) in [7, 11) is 2.54. The number of carbonyl (C=O) groups excluding carboxylic acids is 2. The number of aromatic nitrogens is 2. The van der Waals surface area contributed by atoms with Gasteiger partial charge in [-0.15, -0.1) is 0 Å². The summed E-state index contributed by atoms with van der Waals surface area (Å²) >= 11 is 0. The number of piperidine rings is 1. The van der Waals surface area contributed by atoms with Crippen LogP contribution in [0.1, 0.15) is 47.0 Å². The zero-order chi connectivity index (χ0) is 25.5.